The number of benzene rings is 2. The van der Waals surface area contributed by atoms with Crippen molar-refractivity contribution in [1.29, 1.82) is 0 Å². The average Bonchev–Trinajstić information content (AvgIpc) is 2.86. The highest BCUT2D eigenvalue weighted by atomic mass is 79.9. The van der Waals surface area contributed by atoms with Gasteiger partial charge in [-0.15, -0.1) is 0 Å². The fraction of sp³-hybridized carbons (Fsp3) is 0.316. The van der Waals surface area contributed by atoms with Crippen LogP contribution in [0.5, 0.6) is 5.75 Å². The Bertz CT molecular complexity index is 827. The van der Waals surface area contributed by atoms with E-state index in [2.05, 4.69) is 51.2 Å². The second-order valence-corrected chi connectivity index (χ2v) is 6.76. The zero-order valence-corrected chi connectivity index (χ0v) is 15.5. The van der Waals surface area contributed by atoms with Gasteiger partial charge < -0.3 is 9.84 Å². The molecule has 0 radical (unpaired) electrons. The van der Waals surface area contributed by atoms with Gasteiger partial charge in [0.1, 0.15) is 25.0 Å². The van der Waals surface area contributed by atoms with E-state index in [4.69, 9.17) is 4.74 Å². The van der Waals surface area contributed by atoms with Crippen molar-refractivity contribution in [1.82, 2.24) is 4.57 Å². The number of hydrogen-bond acceptors (Lipinski definition) is 2. The number of halogens is 1. The molecule has 4 nitrogen and oxygen atoms in total. The molecule has 1 unspecified atom stereocenters. The van der Waals surface area contributed by atoms with E-state index in [0.29, 0.717) is 6.54 Å². The number of aryl methyl sites for hydroxylation is 1. The van der Waals surface area contributed by atoms with Crippen LogP contribution in [0, 0.1) is 0 Å². The van der Waals surface area contributed by atoms with Crippen LogP contribution >= 0.6 is 15.9 Å². The van der Waals surface area contributed by atoms with Gasteiger partial charge >= 0.3 is 0 Å². The van der Waals surface area contributed by atoms with Crippen molar-refractivity contribution in [3.63, 3.8) is 0 Å². The van der Waals surface area contributed by atoms with Gasteiger partial charge in [-0.2, -0.15) is 0 Å². The molecule has 3 rings (SSSR count). The fourth-order valence-corrected chi connectivity index (χ4v) is 3.32. The van der Waals surface area contributed by atoms with Crippen LogP contribution in [0.25, 0.3) is 11.0 Å². The lowest BCUT2D eigenvalue weighted by Gasteiger charge is -2.12. The van der Waals surface area contributed by atoms with Gasteiger partial charge in [-0.05, 0) is 36.4 Å². The van der Waals surface area contributed by atoms with Crippen LogP contribution in [0.3, 0.4) is 0 Å². The molecule has 0 bridgehead atoms. The number of aliphatic hydroxyl groups excluding tert-OH is 1. The average molecular weight is 390 g/mol. The molecule has 0 saturated carbocycles. The van der Waals surface area contributed by atoms with Crippen molar-refractivity contribution in [2.24, 2.45) is 7.05 Å². The number of ether oxygens (including phenoxy) is 1. The number of imidazole rings is 1. The van der Waals surface area contributed by atoms with Crippen LogP contribution in [-0.2, 0) is 20.0 Å². The van der Waals surface area contributed by atoms with Gasteiger partial charge in [0.25, 0.3) is 5.82 Å². The van der Waals surface area contributed by atoms with Gasteiger partial charge in [0.2, 0.25) is 0 Å². The lowest BCUT2D eigenvalue weighted by atomic mass is 10.3. The summed E-state index contributed by atoms with van der Waals surface area (Å²) >= 11 is 3.40. The summed E-state index contributed by atoms with van der Waals surface area (Å²) in [5, 5.41) is 10.4. The number of fused-ring (bicyclic) bond motifs is 1. The van der Waals surface area contributed by atoms with Crippen molar-refractivity contribution >= 4 is 27.0 Å². The Labute approximate surface area is 150 Å². The van der Waals surface area contributed by atoms with E-state index >= 15 is 0 Å². The standard InChI is InChI=1S/C19H22BrN2O2/c1-3-19-21(2)17-6-4-5-7-18(17)22(19)12-15(23)13-24-16-10-8-14(20)9-11-16/h4-11,15,23H,3,12-13H2,1-2H3/q+1. The number of aliphatic hydroxyl groups is 1. The second-order valence-electron chi connectivity index (χ2n) is 5.85. The first-order chi connectivity index (χ1) is 11.6. The highest BCUT2D eigenvalue weighted by Gasteiger charge is 2.23. The Morgan fingerprint density at radius 3 is 2.58 bits per heavy atom. The van der Waals surface area contributed by atoms with E-state index in [0.717, 1.165) is 22.2 Å². The first-order valence-electron chi connectivity index (χ1n) is 8.12. The predicted octanol–water partition coefficient (Wildman–Crippen LogP) is 3.23. The molecule has 1 N–H and O–H groups in total. The molecule has 1 heterocycles. The minimum Gasteiger partial charge on any atom is -0.491 e. The summed E-state index contributed by atoms with van der Waals surface area (Å²) in [6.45, 7) is 2.91. The van der Waals surface area contributed by atoms with Crippen molar-refractivity contribution < 1.29 is 14.4 Å². The van der Waals surface area contributed by atoms with E-state index in [9.17, 15) is 5.11 Å². The molecule has 0 spiro atoms. The van der Waals surface area contributed by atoms with Crippen LogP contribution < -0.4 is 9.30 Å². The smallest absolute Gasteiger partial charge is 0.256 e. The maximum absolute atomic E-state index is 10.4. The summed E-state index contributed by atoms with van der Waals surface area (Å²) in [7, 11) is 2.07. The molecule has 3 aromatic rings. The topological polar surface area (TPSA) is 38.3 Å². The molecule has 0 aliphatic heterocycles. The highest BCUT2D eigenvalue weighted by molar-refractivity contribution is 9.10. The maximum atomic E-state index is 10.4. The zero-order valence-electron chi connectivity index (χ0n) is 13.9. The molecule has 126 valence electrons. The number of para-hydroxylation sites is 2. The SMILES string of the molecule is CCc1n(CC(O)COc2ccc(Br)cc2)c2ccccc2[n+]1C. The zero-order chi connectivity index (χ0) is 17.1. The van der Waals surface area contributed by atoms with Crippen molar-refractivity contribution in [3.05, 3.63) is 58.8 Å². The summed E-state index contributed by atoms with van der Waals surface area (Å²) in [5.74, 6) is 1.95. The first kappa shape index (κ1) is 17.0. The summed E-state index contributed by atoms with van der Waals surface area (Å²) in [6, 6.07) is 15.9. The fourth-order valence-electron chi connectivity index (χ4n) is 3.05. The Hall–Kier alpha value is -1.85. The first-order valence-corrected chi connectivity index (χ1v) is 8.92. The maximum Gasteiger partial charge on any atom is 0.256 e. The van der Waals surface area contributed by atoms with E-state index in [1.54, 1.807) is 0 Å². The molecule has 0 aliphatic carbocycles. The summed E-state index contributed by atoms with van der Waals surface area (Å²) in [5.41, 5.74) is 2.31. The van der Waals surface area contributed by atoms with Crippen LogP contribution in [0.15, 0.2) is 53.0 Å². The monoisotopic (exact) mass is 389 g/mol. The van der Waals surface area contributed by atoms with E-state index in [1.165, 1.54) is 11.3 Å². The molecule has 5 heteroatoms. The van der Waals surface area contributed by atoms with E-state index in [1.807, 2.05) is 36.4 Å². The van der Waals surface area contributed by atoms with Gasteiger partial charge in [-0.3, -0.25) is 0 Å². The van der Waals surface area contributed by atoms with Gasteiger partial charge in [0.05, 0.1) is 7.05 Å². The molecule has 0 aliphatic rings. The van der Waals surface area contributed by atoms with Crippen LogP contribution in [0.2, 0.25) is 0 Å². The quantitative estimate of drug-likeness (QED) is 0.657. The number of aromatic nitrogens is 2. The van der Waals surface area contributed by atoms with Crippen molar-refractivity contribution in [2.75, 3.05) is 6.61 Å². The normalized spacial score (nSPS) is 12.5. The highest BCUT2D eigenvalue weighted by Crippen LogP contribution is 2.18. The molecule has 24 heavy (non-hydrogen) atoms. The van der Waals surface area contributed by atoms with Crippen LogP contribution in [0.4, 0.5) is 0 Å². The predicted molar refractivity (Wildman–Crippen MR) is 98.1 cm³/mol. The number of hydrogen-bond donors (Lipinski definition) is 1. The Kier molecular flexibility index (Phi) is 5.21. The molecule has 0 fully saturated rings. The minimum atomic E-state index is -0.574. The molecule has 0 saturated heterocycles. The number of rotatable bonds is 6. The van der Waals surface area contributed by atoms with E-state index < -0.39 is 6.10 Å². The Morgan fingerprint density at radius 1 is 1.17 bits per heavy atom. The molecule has 1 aromatic heterocycles. The van der Waals surface area contributed by atoms with Crippen LogP contribution in [0.1, 0.15) is 12.7 Å². The molecular weight excluding hydrogens is 368 g/mol. The summed E-state index contributed by atoms with van der Waals surface area (Å²) < 4.78 is 11.1. The third-order valence-corrected chi connectivity index (χ3v) is 4.73. The molecule has 0 amide bonds. The third kappa shape index (κ3) is 3.47. The summed E-state index contributed by atoms with van der Waals surface area (Å²) in [4.78, 5) is 0. The minimum absolute atomic E-state index is 0.265. The van der Waals surface area contributed by atoms with Gasteiger partial charge in [0.15, 0.2) is 11.0 Å². The largest absolute Gasteiger partial charge is 0.491 e. The lowest BCUT2D eigenvalue weighted by Crippen LogP contribution is -2.34. The Morgan fingerprint density at radius 2 is 1.88 bits per heavy atom. The van der Waals surface area contributed by atoms with Gasteiger partial charge in [0, 0.05) is 10.9 Å². The third-order valence-electron chi connectivity index (χ3n) is 4.20. The summed E-state index contributed by atoms with van der Waals surface area (Å²) in [6.07, 6.45) is 0.334. The van der Waals surface area contributed by atoms with Crippen molar-refractivity contribution in [2.45, 2.75) is 26.0 Å². The van der Waals surface area contributed by atoms with Crippen molar-refractivity contribution in [3.8, 4) is 5.75 Å². The molecule has 2 aromatic carbocycles. The molecule has 1 atom stereocenters. The lowest BCUT2D eigenvalue weighted by molar-refractivity contribution is -0.653. The van der Waals surface area contributed by atoms with E-state index in [-0.39, 0.29) is 6.61 Å². The van der Waals surface area contributed by atoms with Gasteiger partial charge in [-0.1, -0.05) is 35.0 Å². The molecular formula is C19H22BrN2O2+. The van der Waals surface area contributed by atoms with Gasteiger partial charge in [-0.25, -0.2) is 9.13 Å². The Balaban J connectivity index is 1.75. The second kappa shape index (κ2) is 7.36. The number of nitrogens with zero attached hydrogens (tertiary/aromatic N) is 2. The van der Waals surface area contributed by atoms with Crippen LogP contribution in [-0.4, -0.2) is 22.4 Å².